The van der Waals surface area contributed by atoms with Gasteiger partial charge in [0.05, 0.1) is 42.5 Å². The number of carbonyl (C=O) groups is 1. The molecule has 2 heterocycles. The molecule has 0 unspecified atom stereocenters. The molecule has 3 aromatic carbocycles. The van der Waals surface area contributed by atoms with Gasteiger partial charge in [-0.1, -0.05) is 0 Å². The number of ether oxygens (including phenoxy) is 4. The van der Waals surface area contributed by atoms with E-state index in [1.807, 2.05) is 44.0 Å². The zero-order valence-electron chi connectivity index (χ0n) is 23.6. The molecule has 2 aliphatic rings. The van der Waals surface area contributed by atoms with Crippen LogP contribution < -0.4 is 18.9 Å². The van der Waals surface area contributed by atoms with Crippen LogP contribution in [0.15, 0.2) is 47.5 Å². The van der Waals surface area contributed by atoms with Gasteiger partial charge in [-0.15, -0.1) is 0 Å². The lowest BCUT2D eigenvalue weighted by atomic mass is 10.1. The minimum atomic E-state index is -0.491. The number of aliphatic imine (C=N–C) groups is 1. The van der Waals surface area contributed by atoms with Crippen LogP contribution >= 0.6 is 0 Å². The zero-order chi connectivity index (χ0) is 29.1. The number of methoxy groups -OCH3 is 1. The highest BCUT2D eigenvalue weighted by Gasteiger charge is 2.32. The van der Waals surface area contributed by atoms with Crippen LogP contribution in [0.3, 0.4) is 0 Å². The Morgan fingerprint density at radius 3 is 2.54 bits per heavy atom. The first-order valence-electron chi connectivity index (χ1n) is 13.6. The Balaban J connectivity index is 1.21. The number of nitro benzene ring substituents is 1. The zero-order valence-corrected chi connectivity index (χ0v) is 23.6. The number of carbonyl (C=O) groups excluding carboxylic acids is 1. The Labute approximate surface area is 238 Å². The lowest BCUT2D eigenvalue weighted by Gasteiger charge is -2.20. The molecule has 1 saturated heterocycles. The average molecular weight is 560 g/mol. The van der Waals surface area contributed by atoms with Gasteiger partial charge in [0.15, 0.2) is 0 Å². The van der Waals surface area contributed by atoms with Crippen LogP contribution in [0, 0.1) is 30.9 Å². The van der Waals surface area contributed by atoms with Crippen LogP contribution in [0.4, 0.5) is 11.4 Å². The topological polar surface area (TPSA) is 113 Å². The molecule has 0 radical (unpaired) electrons. The molecule has 1 atom stereocenters. The second kappa shape index (κ2) is 11.9. The van der Waals surface area contributed by atoms with Crippen molar-refractivity contribution < 1.29 is 28.7 Å². The molecule has 2 aliphatic heterocycles. The summed E-state index contributed by atoms with van der Waals surface area (Å²) in [6, 6.07) is 11.7. The van der Waals surface area contributed by atoms with E-state index in [1.54, 1.807) is 25.3 Å². The van der Waals surface area contributed by atoms with E-state index in [-0.39, 0.29) is 23.4 Å². The summed E-state index contributed by atoms with van der Waals surface area (Å²) in [7, 11) is 1.57. The molecule has 0 saturated carbocycles. The fourth-order valence-electron chi connectivity index (χ4n) is 5.07. The lowest BCUT2D eigenvalue weighted by molar-refractivity contribution is -0.385. The maximum absolute atomic E-state index is 13.0. The summed E-state index contributed by atoms with van der Waals surface area (Å²) in [5, 5.41) is 11.6. The van der Waals surface area contributed by atoms with Crippen molar-refractivity contribution in [3.8, 4) is 28.7 Å². The number of rotatable bonds is 10. The SMILES string of the molecule is COc1cc(Oc2cc(OCCCOc3cc4c(cc3C)C(=O)N3CCC[C@H]3C=N4)ccc2[N+](=O)[O-])cc(C)c1C. The quantitative estimate of drug-likeness (QED) is 0.158. The molecule has 214 valence electrons. The number of nitrogens with zero attached hydrogens (tertiary/aromatic N) is 3. The number of hydrogen-bond acceptors (Lipinski definition) is 8. The Morgan fingerprint density at radius 2 is 1.76 bits per heavy atom. The molecule has 1 amide bonds. The number of amides is 1. The third-order valence-electron chi connectivity index (χ3n) is 7.45. The van der Waals surface area contributed by atoms with E-state index in [1.165, 1.54) is 12.1 Å². The first-order valence-corrected chi connectivity index (χ1v) is 13.6. The number of aryl methyl sites for hydroxylation is 2. The van der Waals surface area contributed by atoms with E-state index in [9.17, 15) is 14.9 Å². The summed E-state index contributed by atoms with van der Waals surface area (Å²) < 4.78 is 23.2. The van der Waals surface area contributed by atoms with Crippen LogP contribution in [-0.4, -0.2) is 54.9 Å². The highest BCUT2D eigenvalue weighted by molar-refractivity contribution is 6.03. The molecule has 0 aliphatic carbocycles. The number of nitro groups is 1. The van der Waals surface area contributed by atoms with E-state index < -0.39 is 4.92 Å². The van der Waals surface area contributed by atoms with Crippen LogP contribution in [0.1, 0.15) is 46.3 Å². The number of hydrogen-bond donors (Lipinski definition) is 0. The van der Waals surface area contributed by atoms with Crippen LogP contribution in [0.2, 0.25) is 0 Å². The Morgan fingerprint density at radius 1 is 0.976 bits per heavy atom. The van der Waals surface area contributed by atoms with Crippen molar-refractivity contribution in [2.75, 3.05) is 26.9 Å². The van der Waals surface area contributed by atoms with Gasteiger partial charge in [-0.3, -0.25) is 19.9 Å². The highest BCUT2D eigenvalue weighted by atomic mass is 16.6. The van der Waals surface area contributed by atoms with Gasteiger partial charge in [-0.05, 0) is 68.5 Å². The van der Waals surface area contributed by atoms with Gasteiger partial charge >= 0.3 is 5.69 Å². The largest absolute Gasteiger partial charge is 0.496 e. The Bertz CT molecular complexity index is 1520. The van der Waals surface area contributed by atoms with Gasteiger partial charge in [0, 0.05) is 43.4 Å². The van der Waals surface area contributed by atoms with Crippen molar-refractivity contribution in [1.82, 2.24) is 4.90 Å². The fourth-order valence-corrected chi connectivity index (χ4v) is 5.07. The van der Waals surface area contributed by atoms with Gasteiger partial charge in [-0.25, -0.2) is 0 Å². The molecule has 0 N–H and O–H groups in total. The van der Waals surface area contributed by atoms with E-state index in [0.29, 0.717) is 53.9 Å². The van der Waals surface area contributed by atoms with Crippen molar-refractivity contribution in [3.63, 3.8) is 0 Å². The first-order chi connectivity index (χ1) is 19.7. The minimum Gasteiger partial charge on any atom is -0.496 e. The molecule has 0 aromatic heterocycles. The normalized spacial score (nSPS) is 15.7. The molecule has 0 spiro atoms. The fraction of sp³-hybridized carbons (Fsp3) is 0.355. The lowest BCUT2D eigenvalue weighted by Crippen LogP contribution is -2.35. The molecule has 0 bridgehead atoms. The maximum atomic E-state index is 13.0. The Kier molecular flexibility index (Phi) is 8.09. The molecule has 41 heavy (non-hydrogen) atoms. The van der Waals surface area contributed by atoms with Crippen molar-refractivity contribution in [1.29, 1.82) is 0 Å². The van der Waals surface area contributed by atoms with Crippen LogP contribution in [0.5, 0.6) is 28.7 Å². The van der Waals surface area contributed by atoms with E-state index in [4.69, 9.17) is 18.9 Å². The van der Waals surface area contributed by atoms with Crippen LogP contribution in [-0.2, 0) is 0 Å². The van der Waals surface area contributed by atoms with Crippen molar-refractivity contribution in [3.05, 3.63) is 74.8 Å². The first kappa shape index (κ1) is 27.9. The highest BCUT2D eigenvalue weighted by Crippen LogP contribution is 2.38. The summed E-state index contributed by atoms with van der Waals surface area (Å²) >= 11 is 0. The molecule has 10 nitrogen and oxygen atoms in total. The summed E-state index contributed by atoms with van der Waals surface area (Å²) in [6.45, 7) is 7.23. The van der Waals surface area contributed by atoms with Crippen molar-refractivity contribution in [2.45, 2.75) is 46.1 Å². The number of benzene rings is 3. The third-order valence-corrected chi connectivity index (χ3v) is 7.45. The number of fused-ring (bicyclic) bond motifs is 2. The smallest absolute Gasteiger partial charge is 0.311 e. The Hall–Kier alpha value is -4.60. The molecular formula is C31H33N3O7. The predicted octanol–water partition coefficient (Wildman–Crippen LogP) is 6.49. The second-order valence-electron chi connectivity index (χ2n) is 10.2. The molecule has 1 fully saturated rings. The molecule has 10 heteroatoms. The summed E-state index contributed by atoms with van der Waals surface area (Å²) in [5.74, 6) is 2.28. The summed E-state index contributed by atoms with van der Waals surface area (Å²) in [4.78, 5) is 30.6. The monoisotopic (exact) mass is 559 g/mol. The van der Waals surface area contributed by atoms with Gasteiger partial charge in [-0.2, -0.15) is 0 Å². The molecule has 5 rings (SSSR count). The van der Waals surface area contributed by atoms with Gasteiger partial charge < -0.3 is 23.8 Å². The average Bonchev–Trinajstić information content (AvgIpc) is 3.38. The van der Waals surface area contributed by atoms with E-state index in [2.05, 4.69) is 4.99 Å². The van der Waals surface area contributed by atoms with Gasteiger partial charge in [0.25, 0.3) is 5.91 Å². The maximum Gasteiger partial charge on any atom is 0.311 e. The van der Waals surface area contributed by atoms with E-state index >= 15 is 0 Å². The van der Waals surface area contributed by atoms with Gasteiger partial charge in [0.1, 0.15) is 23.0 Å². The standard InChI is InChI=1S/C31H33N3O7/c1-19-13-24(16-29(38-4)21(19)3)41-30-15-23(8-9-27(30)34(36)37)39-11-6-12-40-28-17-26-25(14-20(28)2)31(35)33-10-5-7-22(33)18-32-26/h8-9,13-18,22H,5-7,10-12H2,1-4H3/t22-/m0/s1. The summed E-state index contributed by atoms with van der Waals surface area (Å²) in [5.41, 5.74) is 3.84. The third kappa shape index (κ3) is 5.96. The van der Waals surface area contributed by atoms with Crippen molar-refractivity contribution in [2.24, 2.45) is 4.99 Å². The second-order valence-corrected chi connectivity index (χ2v) is 10.2. The van der Waals surface area contributed by atoms with Gasteiger partial charge in [0.2, 0.25) is 5.75 Å². The molecule has 3 aromatic rings. The minimum absolute atomic E-state index is 0.0196. The molecular weight excluding hydrogens is 526 g/mol. The van der Waals surface area contributed by atoms with Crippen molar-refractivity contribution >= 4 is 23.5 Å². The summed E-state index contributed by atoms with van der Waals surface area (Å²) in [6.07, 6.45) is 4.36. The predicted molar refractivity (Wildman–Crippen MR) is 155 cm³/mol. The van der Waals surface area contributed by atoms with E-state index in [0.717, 1.165) is 36.1 Å². The van der Waals surface area contributed by atoms with Crippen LogP contribution in [0.25, 0.3) is 0 Å².